The molecule has 88 valence electrons. The van der Waals surface area contributed by atoms with Gasteiger partial charge < -0.3 is 15.4 Å². The van der Waals surface area contributed by atoms with Gasteiger partial charge in [0, 0.05) is 19.2 Å². The van der Waals surface area contributed by atoms with Crippen molar-refractivity contribution in [1.82, 2.24) is 4.90 Å². The number of hydrogen-bond donors (Lipinski definition) is 1. The molecule has 0 atom stereocenters. The van der Waals surface area contributed by atoms with Crippen molar-refractivity contribution in [3.8, 4) is 5.75 Å². The fourth-order valence-corrected chi connectivity index (χ4v) is 1.85. The van der Waals surface area contributed by atoms with Crippen molar-refractivity contribution >= 4 is 18.3 Å². The standard InChI is InChI=1S/C11H10N2O4/c1-13-4-7-6(5-14)2-3-8(17-11(12)16)9(7)10(13)15/h2-3,5H,4H2,1H3,(H2,12,16). The van der Waals surface area contributed by atoms with Gasteiger partial charge >= 0.3 is 6.09 Å². The molecule has 1 aliphatic rings. The predicted molar refractivity (Wildman–Crippen MR) is 57.8 cm³/mol. The zero-order valence-corrected chi connectivity index (χ0v) is 9.10. The van der Waals surface area contributed by atoms with Gasteiger partial charge in [0.05, 0.1) is 5.56 Å². The third kappa shape index (κ3) is 1.73. The zero-order valence-electron chi connectivity index (χ0n) is 9.10. The molecule has 0 aromatic heterocycles. The summed E-state index contributed by atoms with van der Waals surface area (Å²) in [4.78, 5) is 34.8. The minimum absolute atomic E-state index is 0.0902. The summed E-state index contributed by atoms with van der Waals surface area (Å²) in [5.41, 5.74) is 6.12. The summed E-state index contributed by atoms with van der Waals surface area (Å²) in [6.07, 6.45) is -0.326. The van der Waals surface area contributed by atoms with Crippen molar-refractivity contribution in [3.05, 3.63) is 28.8 Å². The first-order valence-corrected chi connectivity index (χ1v) is 4.88. The van der Waals surface area contributed by atoms with Gasteiger partial charge in [-0.3, -0.25) is 9.59 Å². The van der Waals surface area contributed by atoms with E-state index in [-0.39, 0.29) is 17.2 Å². The maximum absolute atomic E-state index is 11.8. The molecule has 0 aliphatic carbocycles. The molecule has 17 heavy (non-hydrogen) atoms. The number of nitrogens with zero attached hydrogens (tertiary/aromatic N) is 1. The molecule has 0 bridgehead atoms. The lowest BCUT2D eigenvalue weighted by atomic mass is 10.0. The van der Waals surface area contributed by atoms with E-state index in [4.69, 9.17) is 10.5 Å². The monoisotopic (exact) mass is 234 g/mol. The second-order valence-corrected chi connectivity index (χ2v) is 3.71. The molecule has 0 radical (unpaired) electrons. The molecule has 2 N–H and O–H groups in total. The van der Waals surface area contributed by atoms with E-state index >= 15 is 0 Å². The summed E-state index contributed by atoms with van der Waals surface area (Å²) in [6.45, 7) is 0.318. The lowest BCUT2D eigenvalue weighted by Gasteiger charge is -2.07. The minimum atomic E-state index is -0.992. The highest BCUT2D eigenvalue weighted by Gasteiger charge is 2.31. The van der Waals surface area contributed by atoms with Crippen molar-refractivity contribution in [1.29, 1.82) is 0 Å². The quantitative estimate of drug-likeness (QED) is 0.756. The van der Waals surface area contributed by atoms with Crippen LogP contribution in [0.1, 0.15) is 26.3 Å². The van der Waals surface area contributed by atoms with Crippen LogP contribution in [0, 0.1) is 0 Å². The van der Waals surface area contributed by atoms with Gasteiger partial charge in [0.15, 0.2) is 0 Å². The maximum Gasteiger partial charge on any atom is 0.409 e. The first-order valence-electron chi connectivity index (χ1n) is 4.88. The molecule has 2 rings (SSSR count). The van der Waals surface area contributed by atoms with Crippen molar-refractivity contribution in [2.75, 3.05) is 7.05 Å². The second-order valence-electron chi connectivity index (χ2n) is 3.71. The van der Waals surface area contributed by atoms with E-state index in [1.54, 1.807) is 7.05 Å². The molecular formula is C11H10N2O4. The van der Waals surface area contributed by atoms with E-state index < -0.39 is 6.09 Å². The molecular weight excluding hydrogens is 224 g/mol. The minimum Gasteiger partial charge on any atom is -0.410 e. The first-order chi connectivity index (χ1) is 8.04. The number of hydrogen-bond acceptors (Lipinski definition) is 4. The summed E-state index contributed by atoms with van der Waals surface area (Å²) >= 11 is 0. The number of primary amides is 1. The average molecular weight is 234 g/mol. The van der Waals surface area contributed by atoms with Crippen molar-refractivity contribution in [2.45, 2.75) is 6.54 Å². The van der Waals surface area contributed by atoms with E-state index in [1.165, 1.54) is 17.0 Å². The molecule has 1 aliphatic heterocycles. The molecule has 1 heterocycles. The van der Waals surface area contributed by atoms with Crippen LogP contribution in [-0.2, 0) is 6.54 Å². The summed E-state index contributed by atoms with van der Waals surface area (Å²) in [6, 6.07) is 2.89. The predicted octanol–water partition coefficient (Wildman–Crippen LogP) is 0.542. The topological polar surface area (TPSA) is 89.7 Å². The molecule has 2 amide bonds. The molecule has 0 spiro atoms. The Kier molecular flexibility index (Phi) is 2.55. The van der Waals surface area contributed by atoms with Gasteiger partial charge in [0.1, 0.15) is 12.0 Å². The fourth-order valence-electron chi connectivity index (χ4n) is 1.85. The molecule has 0 saturated carbocycles. The number of carbonyl (C=O) groups excluding carboxylic acids is 3. The number of rotatable bonds is 2. The van der Waals surface area contributed by atoms with Gasteiger partial charge in [-0.05, 0) is 17.7 Å². The molecule has 0 saturated heterocycles. The smallest absolute Gasteiger partial charge is 0.409 e. The average Bonchev–Trinajstić information content (AvgIpc) is 2.56. The van der Waals surface area contributed by atoms with Crippen LogP contribution in [0.2, 0.25) is 0 Å². The van der Waals surface area contributed by atoms with Gasteiger partial charge in [-0.1, -0.05) is 0 Å². The Labute approximate surface area is 96.9 Å². The van der Waals surface area contributed by atoms with Crippen LogP contribution in [0.4, 0.5) is 4.79 Å². The first kappa shape index (κ1) is 11.1. The SMILES string of the molecule is CN1Cc2c(C=O)ccc(OC(N)=O)c2C1=O. The van der Waals surface area contributed by atoms with Gasteiger partial charge in [-0.2, -0.15) is 0 Å². The van der Waals surface area contributed by atoms with Gasteiger partial charge in [0.2, 0.25) is 0 Å². The Morgan fingerprint density at radius 1 is 1.53 bits per heavy atom. The number of ether oxygens (including phenoxy) is 1. The van der Waals surface area contributed by atoms with Crippen molar-refractivity contribution in [2.24, 2.45) is 5.73 Å². The van der Waals surface area contributed by atoms with Crippen LogP contribution in [0.15, 0.2) is 12.1 Å². The van der Waals surface area contributed by atoms with Crippen LogP contribution in [-0.4, -0.2) is 30.2 Å². The van der Waals surface area contributed by atoms with Crippen LogP contribution >= 0.6 is 0 Å². The molecule has 0 unspecified atom stereocenters. The lowest BCUT2D eigenvalue weighted by Crippen LogP contribution is -2.20. The van der Waals surface area contributed by atoms with E-state index in [0.29, 0.717) is 24.0 Å². The number of nitrogens with two attached hydrogens (primary N) is 1. The van der Waals surface area contributed by atoms with Crippen molar-refractivity contribution in [3.63, 3.8) is 0 Å². The number of aldehydes is 1. The summed E-state index contributed by atoms with van der Waals surface area (Å²) < 4.78 is 4.75. The van der Waals surface area contributed by atoms with E-state index in [9.17, 15) is 14.4 Å². The van der Waals surface area contributed by atoms with Crippen LogP contribution in [0.3, 0.4) is 0 Å². The summed E-state index contributed by atoms with van der Waals surface area (Å²) in [5, 5.41) is 0. The normalized spacial score (nSPS) is 13.5. The Hall–Kier alpha value is -2.37. The molecule has 1 aromatic carbocycles. The molecule has 6 nitrogen and oxygen atoms in total. The van der Waals surface area contributed by atoms with Gasteiger partial charge in [-0.15, -0.1) is 0 Å². The second kappa shape index (κ2) is 3.89. The Balaban J connectivity index is 2.59. The Bertz CT molecular complexity index is 524. The summed E-state index contributed by atoms with van der Waals surface area (Å²) in [5.74, 6) is -0.201. The largest absolute Gasteiger partial charge is 0.410 e. The number of benzene rings is 1. The Morgan fingerprint density at radius 2 is 2.24 bits per heavy atom. The van der Waals surface area contributed by atoms with Crippen molar-refractivity contribution < 1.29 is 19.1 Å². The molecule has 0 fully saturated rings. The number of amides is 2. The third-order valence-corrected chi connectivity index (χ3v) is 2.60. The van der Waals surface area contributed by atoms with Crippen LogP contribution in [0.5, 0.6) is 5.75 Å². The maximum atomic E-state index is 11.8. The van der Waals surface area contributed by atoms with E-state index in [0.717, 1.165) is 0 Å². The lowest BCUT2D eigenvalue weighted by molar-refractivity contribution is 0.0814. The zero-order chi connectivity index (χ0) is 12.6. The number of fused-ring (bicyclic) bond motifs is 1. The number of carbonyl (C=O) groups is 3. The highest BCUT2D eigenvalue weighted by atomic mass is 16.5. The van der Waals surface area contributed by atoms with E-state index in [2.05, 4.69) is 0 Å². The highest BCUT2D eigenvalue weighted by molar-refractivity contribution is 6.03. The molecule has 1 aromatic rings. The molecule has 6 heteroatoms. The Morgan fingerprint density at radius 3 is 2.82 bits per heavy atom. The van der Waals surface area contributed by atoms with Crippen LogP contribution < -0.4 is 10.5 Å². The van der Waals surface area contributed by atoms with Crippen LogP contribution in [0.25, 0.3) is 0 Å². The highest BCUT2D eigenvalue weighted by Crippen LogP contribution is 2.32. The van der Waals surface area contributed by atoms with E-state index in [1.807, 2.05) is 0 Å². The van der Waals surface area contributed by atoms with Gasteiger partial charge in [-0.25, -0.2) is 4.79 Å². The van der Waals surface area contributed by atoms with Gasteiger partial charge in [0.25, 0.3) is 5.91 Å². The third-order valence-electron chi connectivity index (χ3n) is 2.60. The fraction of sp³-hybridized carbons (Fsp3) is 0.182. The summed E-state index contributed by atoms with van der Waals surface area (Å²) in [7, 11) is 1.60.